The SMILES string of the molecule is NN=CC=NCCNC(=O)CN1CCN(CC(=O)O)CCN(CC(=O)O)CCN(CC(=O)O)CC1. The van der Waals surface area contributed by atoms with E-state index in [4.69, 9.17) is 5.84 Å². The summed E-state index contributed by atoms with van der Waals surface area (Å²) >= 11 is 0. The zero-order valence-corrected chi connectivity index (χ0v) is 19.8. The van der Waals surface area contributed by atoms with E-state index in [0.717, 1.165) is 0 Å². The van der Waals surface area contributed by atoms with E-state index in [1.165, 1.54) is 12.4 Å². The number of carboxylic acids is 3. The van der Waals surface area contributed by atoms with Crippen LogP contribution in [0.25, 0.3) is 0 Å². The van der Waals surface area contributed by atoms with Gasteiger partial charge in [0.15, 0.2) is 0 Å². The number of aliphatic imine (C=N–C) groups is 1. The number of carbonyl (C=O) groups excluding carboxylic acids is 1. The third kappa shape index (κ3) is 15.4. The number of nitrogens with zero attached hydrogens (tertiary/aromatic N) is 6. The summed E-state index contributed by atoms with van der Waals surface area (Å²) < 4.78 is 0. The number of nitrogens with two attached hydrogens (primary N) is 1. The molecule has 0 bridgehead atoms. The topological polar surface area (TPSA) is 205 Å². The molecule has 0 unspecified atom stereocenters. The molecule has 0 radical (unpaired) electrons. The van der Waals surface area contributed by atoms with Crippen LogP contribution in [0.2, 0.25) is 0 Å². The molecule has 0 aliphatic carbocycles. The van der Waals surface area contributed by atoms with Crippen LogP contribution in [0, 0.1) is 0 Å². The summed E-state index contributed by atoms with van der Waals surface area (Å²) in [6.07, 6.45) is 2.75. The molecule has 0 aromatic carbocycles. The molecule has 1 fully saturated rings. The van der Waals surface area contributed by atoms with E-state index >= 15 is 0 Å². The van der Waals surface area contributed by atoms with Crippen LogP contribution in [-0.4, -0.2) is 163 Å². The molecule has 15 nitrogen and oxygen atoms in total. The number of amides is 1. The molecule has 35 heavy (non-hydrogen) atoms. The third-order valence-electron chi connectivity index (χ3n) is 5.19. The van der Waals surface area contributed by atoms with Crippen LogP contribution < -0.4 is 11.2 Å². The number of hydrazone groups is 1. The maximum Gasteiger partial charge on any atom is 0.317 e. The molecule has 1 aliphatic heterocycles. The fourth-order valence-corrected chi connectivity index (χ4v) is 3.46. The Hall–Kier alpha value is -3.14. The van der Waals surface area contributed by atoms with E-state index in [9.17, 15) is 34.5 Å². The normalized spacial score (nSPS) is 18.3. The molecular formula is C20H36N8O7. The molecule has 0 atom stereocenters. The van der Waals surface area contributed by atoms with E-state index in [-0.39, 0.29) is 32.1 Å². The number of hydrogen-bond donors (Lipinski definition) is 5. The monoisotopic (exact) mass is 500 g/mol. The highest BCUT2D eigenvalue weighted by Gasteiger charge is 2.20. The number of rotatable bonds is 12. The zero-order chi connectivity index (χ0) is 26.1. The van der Waals surface area contributed by atoms with Gasteiger partial charge in [-0.2, -0.15) is 5.10 Å². The molecule has 15 heteroatoms. The fraction of sp³-hybridized carbons (Fsp3) is 0.700. The van der Waals surface area contributed by atoms with Crippen LogP contribution in [0.5, 0.6) is 0 Å². The molecule has 198 valence electrons. The molecule has 1 rings (SSSR count). The lowest BCUT2D eigenvalue weighted by Gasteiger charge is -2.32. The molecule has 1 saturated heterocycles. The quantitative estimate of drug-likeness (QED) is 0.0769. The molecule has 6 N–H and O–H groups in total. The Morgan fingerprint density at radius 1 is 0.686 bits per heavy atom. The average Bonchev–Trinajstić information content (AvgIpc) is 2.77. The molecule has 0 aromatic heterocycles. The van der Waals surface area contributed by atoms with Gasteiger partial charge in [0.1, 0.15) is 0 Å². The lowest BCUT2D eigenvalue weighted by molar-refractivity contribution is -0.140. The van der Waals surface area contributed by atoms with Crippen molar-refractivity contribution >= 4 is 36.2 Å². The third-order valence-corrected chi connectivity index (χ3v) is 5.19. The highest BCUT2D eigenvalue weighted by molar-refractivity contribution is 6.15. The lowest BCUT2D eigenvalue weighted by Crippen LogP contribution is -2.49. The standard InChI is InChI=1S/C20H36N8O7/c21-24-4-2-22-1-3-23-17(29)13-25-5-7-26(14-18(30)31)9-11-28(16-20(34)35)12-10-27(8-6-25)15-19(32)33/h2,4H,1,3,5-16,21H2,(H,23,29)(H,30,31)(H,32,33)(H,34,35). The van der Waals surface area contributed by atoms with Crippen molar-refractivity contribution in [1.82, 2.24) is 24.9 Å². The Morgan fingerprint density at radius 3 is 1.40 bits per heavy atom. The number of carbonyl (C=O) groups is 4. The van der Waals surface area contributed by atoms with Gasteiger partial charge in [0.2, 0.25) is 5.91 Å². The summed E-state index contributed by atoms with van der Waals surface area (Å²) in [7, 11) is 0. The number of carboxylic acid groups (broad SMARTS) is 3. The smallest absolute Gasteiger partial charge is 0.317 e. The van der Waals surface area contributed by atoms with E-state index < -0.39 is 17.9 Å². The average molecular weight is 501 g/mol. The first-order valence-electron chi connectivity index (χ1n) is 11.2. The largest absolute Gasteiger partial charge is 0.480 e. The molecule has 0 saturated carbocycles. The predicted octanol–water partition coefficient (Wildman–Crippen LogP) is -3.41. The summed E-state index contributed by atoms with van der Waals surface area (Å²) in [5, 5.41) is 33.7. The minimum Gasteiger partial charge on any atom is -0.480 e. The lowest BCUT2D eigenvalue weighted by atomic mass is 10.3. The van der Waals surface area contributed by atoms with Crippen molar-refractivity contribution < 1.29 is 34.5 Å². The van der Waals surface area contributed by atoms with Gasteiger partial charge in [-0.05, 0) is 0 Å². The van der Waals surface area contributed by atoms with E-state index in [1.54, 1.807) is 14.7 Å². The maximum absolute atomic E-state index is 12.4. The Kier molecular flexibility index (Phi) is 14.8. The molecular weight excluding hydrogens is 464 g/mol. The van der Waals surface area contributed by atoms with Gasteiger partial charge >= 0.3 is 17.9 Å². The first-order valence-corrected chi connectivity index (χ1v) is 11.2. The van der Waals surface area contributed by atoms with Gasteiger partial charge in [0, 0.05) is 65.1 Å². The van der Waals surface area contributed by atoms with Crippen LogP contribution in [0.3, 0.4) is 0 Å². The van der Waals surface area contributed by atoms with Gasteiger partial charge in [-0.15, -0.1) is 0 Å². The van der Waals surface area contributed by atoms with Crippen LogP contribution in [0.1, 0.15) is 0 Å². The Balaban J connectivity index is 2.84. The van der Waals surface area contributed by atoms with Gasteiger partial charge in [-0.25, -0.2) is 0 Å². The minimum atomic E-state index is -1.01. The summed E-state index contributed by atoms with van der Waals surface area (Å²) in [5.74, 6) is 1.71. The highest BCUT2D eigenvalue weighted by atomic mass is 16.4. The maximum atomic E-state index is 12.4. The van der Waals surface area contributed by atoms with Gasteiger partial charge in [0.25, 0.3) is 0 Å². The van der Waals surface area contributed by atoms with Crippen molar-refractivity contribution in [2.45, 2.75) is 0 Å². The van der Waals surface area contributed by atoms with E-state index in [1.807, 2.05) is 4.90 Å². The van der Waals surface area contributed by atoms with Gasteiger partial charge in [0.05, 0.1) is 38.9 Å². The Labute approximate surface area is 203 Å². The summed E-state index contributed by atoms with van der Waals surface area (Å²) in [4.78, 5) is 57.2. The van der Waals surface area contributed by atoms with Crippen LogP contribution in [-0.2, 0) is 19.2 Å². The molecule has 1 amide bonds. The van der Waals surface area contributed by atoms with E-state index in [0.29, 0.717) is 65.4 Å². The fourth-order valence-electron chi connectivity index (χ4n) is 3.46. The van der Waals surface area contributed by atoms with Crippen LogP contribution >= 0.6 is 0 Å². The molecule has 1 heterocycles. The second-order valence-electron chi connectivity index (χ2n) is 7.99. The van der Waals surface area contributed by atoms with Crippen molar-refractivity contribution in [2.24, 2.45) is 15.9 Å². The second kappa shape index (κ2) is 17.3. The highest BCUT2D eigenvalue weighted by Crippen LogP contribution is 2.01. The first kappa shape index (κ1) is 29.9. The molecule has 0 spiro atoms. The van der Waals surface area contributed by atoms with Crippen molar-refractivity contribution in [3.8, 4) is 0 Å². The van der Waals surface area contributed by atoms with Gasteiger partial charge < -0.3 is 26.5 Å². The van der Waals surface area contributed by atoms with E-state index in [2.05, 4.69) is 15.4 Å². The molecule has 0 aromatic rings. The van der Waals surface area contributed by atoms with Crippen molar-refractivity contribution in [2.75, 3.05) is 91.6 Å². The number of aliphatic carboxylic acids is 3. The van der Waals surface area contributed by atoms with Gasteiger partial charge in [-0.3, -0.25) is 43.8 Å². The van der Waals surface area contributed by atoms with Crippen molar-refractivity contribution in [1.29, 1.82) is 0 Å². The van der Waals surface area contributed by atoms with Crippen molar-refractivity contribution in [3.05, 3.63) is 0 Å². The number of hydrogen-bond acceptors (Lipinski definition) is 11. The van der Waals surface area contributed by atoms with Crippen LogP contribution in [0.15, 0.2) is 10.1 Å². The van der Waals surface area contributed by atoms with Crippen molar-refractivity contribution in [3.63, 3.8) is 0 Å². The van der Waals surface area contributed by atoms with Crippen LogP contribution in [0.4, 0.5) is 0 Å². The predicted molar refractivity (Wildman–Crippen MR) is 128 cm³/mol. The summed E-state index contributed by atoms with van der Waals surface area (Å²) in [5.41, 5.74) is 0. The second-order valence-corrected chi connectivity index (χ2v) is 7.99. The Bertz CT molecular complexity index is 717. The minimum absolute atomic E-state index is 0.0565. The molecule has 1 aliphatic rings. The van der Waals surface area contributed by atoms with Gasteiger partial charge in [-0.1, -0.05) is 0 Å². The summed E-state index contributed by atoms with van der Waals surface area (Å²) in [6.45, 7) is 2.81. The first-order chi connectivity index (χ1) is 16.7. The summed E-state index contributed by atoms with van der Waals surface area (Å²) in [6, 6.07) is 0. The zero-order valence-electron chi connectivity index (χ0n) is 19.8. The number of nitrogens with one attached hydrogen (secondary N) is 1. The Morgan fingerprint density at radius 2 is 1.06 bits per heavy atom.